The third-order valence-corrected chi connectivity index (χ3v) is 2.22. The number of carbonyl (C=O) groups is 1. The lowest BCUT2D eigenvalue weighted by molar-refractivity contribution is -0.143. The van der Waals surface area contributed by atoms with E-state index in [1.54, 1.807) is 19.9 Å². The number of carbonyl (C=O) groups excluding carboxylic acids is 1. The van der Waals surface area contributed by atoms with Crippen LogP contribution in [0.25, 0.3) is 0 Å². The predicted octanol–water partition coefficient (Wildman–Crippen LogP) is 2.70. The minimum Gasteiger partial charge on any atom is -0.464 e. The second kappa shape index (κ2) is 5.61. The second-order valence-corrected chi connectivity index (χ2v) is 3.51. The van der Waals surface area contributed by atoms with E-state index in [1.165, 1.54) is 0 Å². The molecule has 0 bridgehead atoms. The van der Waals surface area contributed by atoms with E-state index in [9.17, 15) is 4.79 Å². The average Bonchev–Trinajstić information content (AvgIpc) is 2.21. The Morgan fingerprint density at radius 3 is 2.80 bits per heavy atom. The number of nitrogens with one attached hydrogen (secondary N) is 1. The number of hydrogen-bond donors (Lipinski definition) is 1. The molecular weight excluding hydrogens is 214 g/mol. The molecular formula is C11H14ClNO2. The van der Waals surface area contributed by atoms with E-state index in [0.29, 0.717) is 11.6 Å². The van der Waals surface area contributed by atoms with Gasteiger partial charge in [0.2, 0.25) is 0 Å². The number of hydrogen-bond acceptors (Lipinski definition) is 3. The van der Waals surface area contributed by atoms with Crippen molar-refractivity contribution in [2.24, 2.45) is 0 Å². The van der Waals surface area contributed by atoms with Gasteiger partial charge in [0.15, 0.2) is 0 Å². The number of benzene rings is 1. The van der Waals surface area contributed by atoms with Crippen LogP contribution in [0.2, 0.25) is 5.02 Å². The van der Waals surface area contributed by atoms with Gasteiger partial charge in [0.05, 0.1) is 17.3 Å². The fraction of sp³-hybridized carbons (Fsp3) is 0.364. The standard InChI is InChI=1S/C11H14ClNO2/c1-3-15-11(14)8(2)13-10-7-5-4-6-9(10)12/h4-8,13H,3H2,1-2H3/t8-/m1/s1. The Morgan fingerprint density at radius 1 is 1.53 bits per heavy atom. The Hall–Kier alpha value is -1.22. The van der Waals surface area contributed by atoms with Gasteiger partial charge in [-0.15, -0.1) is 0 Å². The Kier molecular flexibility index (Phi) is 4.43. The lowest BCUT2D eigenvalue weighted by atomic mass is 10.2. The van der Waals surface area contributed by atoms with Crippen LogP contribution in [0.5, 0.6) is 0 Å². The zero-order valence-electron chi connectivity index (χ0n) is 8.79. The molecule has 0 aliphatic carbocycles. The maximum Gasteiger partial charge on any atom is 0.328 e. The summed E-state index contributed by atoms with van der Waals surface area (Å²) < 4.78 is 4.87. The van der Waals surface area contributed by atoms with Crippen molar-refractivity contribution in [1.29, 1.82) is 0 Å². The van der Waals surface area contributed by atoms with Crippen molar-refractivity contribution in [2.75, 3.05) is 11.9 Å². The number of para-hydroxylation sites is 1. The predicted molar refractivity (Wildman–Crippen MR) is 61.2 cm³/mol. The number of rotatable bonds is 4. The van der Waals surface area contributed by atoms with Crippen LogP contribution in [0.4, 0.5) is 5.69 Å². The van der Waals surface area contributed by atoms with Gasteiger partial charge in [0.25, 0.3) is 0 Å². The van der Waals surface area contributed by atoms with Gasteiger partial charge < -0.3 is 10.1 Å². The van der Waals surface area contributed by atoms with Crippen LogP contribution in [-0.4, -0.2) is 18.6 Å². The summed E-state index contributed by atoms with van der Waals surface area (Å²) in [5.74, 6) is -0.280. The molecule has 4 heteroatoms. The normalized spacial score (nSPS) is 11.9. The molecule has 1 atom stereocenters. The summed E-state index contributed by atoms with van der Waals surface area (Å²) in [7, 11) is 0. The van der Waals surface area contributed by atoms with Gasteiger partial charge in [-0.2, -0.15) is 0 Å². The first kappa shape index (κ1) is 11.9. The van der Waals surface area contributed by atoms with E-state index in [1.807, 2.05) is 18.2 Å². The molecule has 1 N–H and O–H groups in total. The molecule has 1 rings (SSSR count). The van der Waals surface area contributed by atoms with Crippen molar-refractivity contribution in [3.8, 4) is 0 Å². The Morgan fingerprint density at radius 2 is 2.20 bits per heavy atom. The minimum absolute atomic E-state index is 0.280. The lowest BCUT2D eigenvalue weighted by Crippen LogP contribution is -2.28. The molecule has 0 aliphatic heterocycles. The summed E-state index contributed by atoms with van der Waals surface area (Å²) in [6.45, 7) is 3.90. The first-order valence-electron chi connectivity index (χ1n) is 4.83. The monoisotopic (exact) mass is 227 g/mol. The number of esters is 1. The molecule has 3 nitrogen and oxygen atoms in total. The van der Waals surface area contributed by atoms with E-state index in [-0.39, 0.29) is 5.97 Å². The maximum absolute atomic E-state index is 11.3. The van der Waals surface area contributed by atoms with E-state index >= 15 is 0 Å². The summed E-state index contributed by atoms with van der Waals surface area (Å²) in [5, 5.41) is 3.58. The second-order valence-electron chi connectivity index (χ2n) is 3.10. The molecule has 0 saturated heterocycles. The van der Waals surface area contributed by atoms with Crippen LogP contribution < -0.4 is 5.32 Å². The average molecular weight is 228 g/mol. The lowest BCUT2D eigenvalue weighted by Gasteiger charge is -2.14. The van der Waals surface area contributed by atoms with E-state index in [4.69, 9.17) is 16.3 Å². The summed E-state index contributed by atoms with van der Waals surface area (Å²) >= 11 is 5.94. The minimum atomic E-state index is -0.398. The molecule has 1 aromatic rings. The van der Waals surface area contributed by atoms with Gasteiger partial charge in [-0.1, -0.05) is 23.7 Å². The van der Waals surface area contributed by atoms with Gasteiger partial charge >= 0.3 is 5.97 Å². The third kappa shape index (κ3) is 3.44. The largest absolute Gasteiger partial charge is 0.464 e. The molecule has 0 amide bonds. The molecule has 0 aliphatic rings. The van der Waals surface area contributed by atoms with Crippen molar-refractivity contribution < 1.29 is 9.53 Å². The van der Waals surface area contributed by atoms with Crippen LogP contribution in [0.15, 0.2) is 24.3 Å². The van der Waals surface area contributed by atoms with Crippen molar-refractivity contribution in [3.05, 3.63) is 29.3 Å². The quantitative estimate of drug-likeness (QED) is 0.804. The van der Waals surface area contributed by atoms with Crippen LogP contribution in [0, 0.1) is 0 Å². The van der Waals surface area contributed by atoms with Crippen molar-refractivity contribution >= 4 is 23.3 Å². The zero-order chi connectivity index (χ0) is 11.3. The third-order valence-electron chi connectivity index (χ3n) is 1.89. The molecule has 0 spiro atoms. The van der Waals surface area contributed by atoms with Crippen molar-refractivity contribution in [2.45, 2.75) is 19.9 Å². The van der Waals surface area contributed by atoms with Crippen molar-refractivity contribution in [1.82, 2.24) is 0 Å². The van der Waals surface area contributed by atoms with Crippen LogP contribution >= 0.6 is 11.6 Å². The van der Waals surface area contributed by atoms with Crippen LogP contribution in [0.3, 0.4) is 0 Å². The highest BCUT2D eigenvalue weighted by atomic mass is 35.5. The van der Waals surface area contributed by atoms with Crippen molar-refractivity contribution in [3.63, 3.8) is 0 Å². The maximum atomic E-state index is 11.3. The smallest absolute Gasteiger partial charge is 0.328 e. The molecule has 0 fully saturated rings. The zero-order valence-corrected chi connectivity index (χ0v) is 9.54. The summed E-state index contributed by atoms with van der Waals surface area (Å²) in [6.07, 6.45) is 0. The van der Waals surface area contributed by atoms with Gasteiger partial charge in [0.1, 0.15) is 6.04 Å². The Labute approximate surface area is 94.4 Å². The summed E-state index contributed by atoms with van der Waals surface area (Å²) in [4.78, 5) is 11.3. The molecule has 0 aromatic heterocycles. The molecule has 1 aromatic carbocycles. The highest BCUT2D eigenvalue weighted by molar-refractivity contribution is 6.33. The highest BCUT2D eigenvalue weighted by Gasteiger charge is 2.14. The summed E-state index contributed by atoms with van der Waals surface area (Å²) in [6, 6.07) is 6.87. The van der Waals surface area contributed by atoms with E-state index in [2.05, 4.69) is 5.32 Å². The summed E-state index contributed by atoms with van der Waals surface area (Å²) in [5.41, 5.74) is 0.736. The topological polar surface area (TPSA) is 38.3 Å². The van der Waals surface area contributed by atoms with E-state index in [0.717, 1.165) is 5.69 Å². The number of anilines is 1. The molecule has 0 unspecified atom stereocenters. The Bertz CT molecular complexity index is 341. The first-order valence-corrected chi connectivity index (χ1v) is 5.20. The first-order chi connectivity index (χ1) is 7.15. The van der Waals surface area contributed by atoms with E-state index < -0.39 is 6.04 Å². The Balaban J connectivity index is 2.62. The molecule has 82 valence electrons. The highest BCUT2D eigenvalue weighted by Crippen LogP contribution is 2.21. The fourth-order valence-electron chi connectivity index (χ4n) is 1.14. The van der Waals surface area contributed by atoms with Gasteiger partial charge in [-0.05, 0) is 26.0 Å². The number of halogens is 1. The van der Waals surface area contributed by atoms with Crippen LogP contribution in [0.1, 0.15) is 13.8 Å². The SMILES string of the molecule is CCOC(=O)[C@@H](C)Nc1ccccc1Cl. The van der Waals surface area contributed by atoms with Gasteiger partial charge in [-0.25, -0.2) is 4.79 Å². The van der Waals surface area contributed by atoms with Gasteiger partial charge in [0, 0.05) is 0 Å². The number of ether oxygens (including phenoxy) is 1. The fourth-order valence-corrected chi connectivity index (χ4v) is 1.33. The molecule has 15 heavy (non-hydrogen) atoms. The molecule has 0 radical (unpaired) electrons. The van der Waals surface area contributed by atoms with Crippen LogP contribution in [-0.2, 0) is 9.53 Å². The molecule has 0 saturated carbocycles. The molecule has 0 heterocycles. The van der Waals surface area contributed by atoms with Gasteiger partial charge in [-0.3, -0.25) is 0 Å².